The van der Waals surface area contributed by atoms with Gasteiger partial charge in [0.25, 0.3) is 0 Å². The van der Waals surface area contributed by atoms with E-state index in [-0.39, 0.29) is 23.7 Å². The van der Waals surface area contributed by atoms with Gasteiger partial charge >= 0.3 is 0 Å². The van der Waals surface area contributed by atoms with Crippen LogP contribution in [0.3, 0.4) is 0 Å². The van der Waals surface area contributed by atoms with E-state index in [0.717, 1.165) is 0 Å². The second-order valence-corrected chi connectivity index (χ2v) is 6.28. The number of hydrogen-bond donors (Lipinski definition) is 2. The molecular formula is C9H19NO4S. The molecule has 0 radical (unpaired) electrons. The first-order valence-corrected chi connectivity index (χ1v) is 6.96. The van der Waals surface area contributed by atoms with E-state index in [1.54, 1.807) is 0 Å². The summed E-state index contributed by atoms with van der Waals surface area (Å²) in [6, 6.07) is -0.342. The molecule has 90 valence electrons. The summed E-state index contributed by atoms with van der Waals surface area (Å²) in [6.45, 7) is 4.97. The van der Waals surface area contributed by atoms with Crippen molar-refractivity contribution in [2.24, 2.45) is 0 Å². The Kier molecular flexibility index (Phi) is 4.51. The number of rotatable bonds is 5. The van der Waals surface area contributed by atoms with Gasteiger partial charge in [-0.2, -0.15) is 0 Å². The van der Waals surface area contributed by atoms with Crippen molar-refractivity contribution in [3.8, 4) is 0 Å². The van der Waals surface area contributed by atoms with Crippen molar-refractivity contribution >= 4 is 9.84 Å². The maximum atomic E-state index is 11.2. The molecule has 0 spiro atoms. The molecule has 5 nitrogen and oxygen atoms in total. The minimum Gasteiger partial charge on any atom is -0.390 e. The van der Waals surface area contributed by atoms with Crippen molar-refractivity contribution in [3.63, 3.8) is 0 Å². The zero-order valence-corrected chi connectivity index (χ0v) is 9.96. The normalized spacial score (nSPS) is 29.9. The predicted molar refractivity (Wildman–Crippen MR) is 57.5 cm³/mol. The number of sulfone groups is 1. The third-order valence-electron chi connectivity index (χ3n) is 2.28. The van der Waals surface area contributed by atoms with E-state index in [1.807, 2.05) is 13.8 Å². The summed E-state index contributed by atoms with van der Waals surface area (Å²) in [5.74, 6) is -0.106. The average Bonchev–Trinajstić information content (AvgIpc) is 2.33. The van der Waals surface area contributed by atoms with Gasteiger partial charge in [0.05, 0.1) is 30.3 Å². The van der Waals surface area contributed by atoms with E-state index in [9.17, 15) is 13.5 Å². The zero-order chi connectivity index (χ0) is 11.5. The number of ether oxygens (including phenoxy) is 1. The van der Waals surface area contributed by atoms with Crippen LogP contribution in [0, 0.1) is 0 Å². The molecule has 0 aromatic rings. The summed E-state index contributed by atoms with van der Waals surface area (Å²) >= 11 is 0. The molecule has 1 aliphatic rings. The summed E-state index contributed by atoms with van der Waals surface area (Å²) in [5, 5.41) is 12.4. The molecule has 2 unspecified atom stereocenters. The Balaban J connectivity index is 2.23. The monoisotopic (exact) mass is 237 g/mol. The Morgan fingerprint density at radius 1 is 1.47 bits per heavy atom. The van der Waals surface area contributed by atoms with E-state index < -0.39 is 15.9 Å². The van der Waals surface area contributed by atoms with E-state index in [2.05, 4.69) is 5.32 Å². The number of aliphatic hydroxyl groups excluding tert-OH is 1. The van der Waals surface area contributed by atoms with Crippen molar-refractivity contribution < 1.29 is 18.3 Å². The third-order valence-corrected chi connectivity index (χ3v) is 4.00. The first kappa shape index (κ1) is 12.9. The Morgan fingerprint density at radius 2 is 2.13 bits per heavy atom. The lowest BCUT2D eigenvalue weighted by atomic mass is 10.2. The molecule has 1 heterocycles. The standard InChI is InChI=1S/C9H19NO4S/c1-7(2)14-4-3-10-8-5-15(12,13)6-9(8)11/h7-11H,3-6H2,1-2H3. The van der Waals surface area contributed by atoms with Gasteiger partial charge in [-0.1, -0.05) is 0 Å². The van der Waals surface area contributed by atoms with Crippen molar-refractivity contribution in [1.82, 2.24) is 5.32 Å². The summed E-state index contributed by atoms with van der Waals surface area (Å²) in [6.07, 6.45) is -0.613. The lowest BCUT2D eigenvalue weighted by molar-refractivity contribution is 0.0756. The Bertz CT molecular complexity index is 288. The molecule has 2 N–H and O–H groups in total. The van der Waals surface area contributed by atoms with Crippen LogP contribution in [0.2, 0.25) is 0 Å². The number of hydrogen-bond acceptors (Lipinski definition) is 5. The molecule has 2 atom stereocenters. The van der Waals surface area contributed by atoms with Crippen LogP contribution in [0.15, 0.2) is 0 Å². The Labute approximate surface area is 90.7 Å². The van der Waals surface area contributed by atoms with Crippen LogP contribution in [0.4, 0.5) is 0 Å². The lowest BCUT2D eigenvalue weighted by Gasteiger charge is -2.15. The molecule has 0 aromatic heterocycles. The molecule has 0 saturated carbocycles. The van der Waals surface area contributed by atoms with Gasteiger partial charge in [-0.05, 0) is 13.8 Å². The SMILES string of the molecule is CC(C)OCCNC1CS(=O)(=O)CC1O. The zero-order valence-electron chi connectivity index (χ0n) is 9.14. The first-order valence-electron chi connectivity index (χ1n) is 5.14. The van der Waals surface area contributed by atoms with Gasteiger partial charge in [0.1, 0.15) is 0 Å². The number of nitrogens with one attached hydrogen (secondary N) is 1. The lowest BCUT2D eigenvalue weighted by Crippen LogP contribution is -2.40. The first-order chi connectivity index (χ1) is 6.91. The maximum absolute atomic E-state index is 11.2. The minimum atomic E-state index is -3.05. The summed E-state index contributed by atoms with van der Waals surface area (Å²) in [4.78, 5) is 0. The van der Waals surface area contributed by atoms with E-state index in [0.29, 0.717) is 13.2 Å². The molecule has 15 heavy (non-hydrogen) atoms. The van der Waals surface area contributed by atoms with Gasteiger partial charge in [0.2, 0.25) is 0 Å². The van der Waals surface area contributed by atoms with Crippen LogP contribution in [0.1, 0.15) is 13.8 Å². The topological polar surface area (TPSA) is 75.6 Å². The molecule has 1 aliphatic heterocycles. The fraction of sp³-hybridized carbons (Fsp3) is 1.00. The molecule has 1 fully saturated rings. The molecule has 0 bridgehead atoms. The smallest absolute Gasteiger partial charge is 0.154 e. The van der Waals surface area contributed by atoms with Crippen LogP contribution in [0.25, 0.3) is 0 Å². The van der Waals surface area contributed by atoms with Crippen LogP contribution in [-0.2, 0) is 14.6 Å². The fourth-order valence-electron chi connectivity index (χ4n) is 1.56. The Morgan fingerprint density at radius 3 is 2.60 bits per heavy atom. The largest absolute Gasteiger partial charge is 0.390 e. The van der Waals surface area contributed by atoms with Gasteiger partial charge in [0, 0.05) is 12.6 Å². The van der Waals surface area contributed by atoms with Crippen molar-refractivity contribution in [1.29, 1.82) is 0 Å². The molecule has 0 aromatic carbocycles. The molecular weight excluding hydrogens is 218 g/mol. The highest BCUT2D eigenvalue weighted by molar-refractivity contribution is 7.91. The van der Waals surface area contributed by atoms with Crippen LogP contribution >= 0.6 is 0 Å². The molecule has 0 amide bonds. The molecule has 6 heteroatoms. The molecule has 0 aliphatic carbocycles. The van der Waals surface area contributed by atoms with E-state index in [4.69, 9.17) is 4.74 Å². The predicted octanol–water partition coefficient (Wildman–Crippen LogP) is -0.841. The fourth-order valence-corrected chi connectivity index (χ4v) is 3.34. The van der Waals surface area contributed by atoms with Crippen molar-refractivity contribution in [2.45, 2.75) is 32.1 Å². The molecule has 1 rings (SSSR count). The van der Waals surface area contributed by atoms with Crippen LogP contribution < -0.4 is 5.32 Å². The summed E-state index contributed by atoms with van der Waals surface area (Å²) in [5.41, 5.74) is 0. The van der Waals surface area contributed by atoms with Crippen LogP contribution in [0.5, 0.6) is 0 Å². The third kappa shape index (κ3) is 4.46. The average molecular weight is 237 g/mol. The summed E-state index contributed by atoms with van der Waals surface area (Å²) in [7, 11) is -3.05. The van der Waals surface area contributed by atoms with Gasteiger partial charge in [-0.25, -0.2) is 8.42 Å². The second-order valence-electron chi connectivity index (χ2n) is 4.12. The van der Waals surface area contributed by atoms with Crippen molar-refractivity contribution in [3.05, 3.63) is 0 Å². The van der Waals surface area contributed by atoms with Crippen molar-refractivity contribution in [2.75, 3.05) is 24.7 Å². The maximum Gasteiger partial charge on any atom is 0.154 e. The number of aliphatic hydroxyl groups is 1. The quantitative estimate of drug-likeness (QED) is 0.610. The molecule has 1 saturated heterocycles. The highest BCUT2D eigenvalue weighted by atomic mass is 32.2. The van der Waals surface area contributed by atoms with Gasteiger partial charge in [0.15, 0.2) is 9.84 Å². The summed E-state index contributed by atoms with van der Waals surface area (Å²) < 4.78 is 27.6. The van der Waals surface area contributed by atoms with Gasteiger partial charge < -0.3 is 15.2 Å². The van der Waals surface area contributed by atoms with E-state index in [1.165, 1.54) is 0 Å². The highest BCUT2D eigenvalue weighted by Crippen LogP contribution is 2.11. The van der Waals surface area contributed by atoms with Crippen LogP contribution in [-0.4, -0.2) is 56.4 Å². The minimum absolute atomic E-state index is 0.0237. The van der Waals surface area contributed by atoms with Gasteiger partial charge in [-0.15, -0.1) is 0 Å². The van der Waals surface area contributed by atoms with Gasteiger partial charge in [-0.3, -0.25) is 0 Å². The second kappa shape index (κ2) is 5.25. The Hall–Kier alpha value is -0.170. The highest BCUT2D eigenvalue weighted by Gasteiger charge is 2.35. The van der Waals surface area contributed by atoms with E-state index >= 15 is 0 Å².